The highest BCUT2D eigenvalue weighted by Crippen LogP contribution is 2.20. The van der Waals surface area contributed by atoms with E-state index in [9.17, 15) is 4.79 Å². The molecular weight excluding hydrogens is 162 g/mol. The molecule has 1 aromatic rings. The summed E-state index contributed by atoms with van der Waals surface area (Å²) in [5, 5.41) is 12.0. The summed E-state index contributed by atoms with van der Waals surface area (Å²) < 4.78 is 0. The minimum atomic E-state index is -0.904. The van der Waals surface area contributed by atoms with Crippen molar-refractivity contribution in [2.45, 2.75) is 13.0 Å². The van der Waals surface area contributed by atoms with E-state index in [1.54, 1.807) is 17.7 Å². The van der Waals surface area contributed by atoms with Gasteiger partial charge in [0.1, 0.15) is 0 Å². The van der Waals surface area contributed by atoms with E-state index < -0.39 is 5.97 Å². The number of nitrogens with two attached hydrogens (primary N) is 1. The van der Waals surface area contributed by atoms with Gasteiger partial charge in [0.25, 0.3) is 0 Å². The van der Waals surface area contributed by atoms with E-state index >= 15 is 0 Å². The molecule has 1 aromatic heterocycles. The third kappa shape index (κ3) is 1.58. The van der Waals surface area contributed by atoms with Crippen LogP contribution in [-0.4, -0.2) is 11.1 Å². The van der Waals surface area contributed by atoms with Crippen LogP contribution in [0.25, 0.3) is 0 Å². The lowest BCUT2D eigenvalue weighted by Gasteiger charge is -2.02. The van der Waals surface area contributed by atoms with Gasteiger partial charge >= 0.3 is 5.97 Å². The van der Waals surface area contributed by atoms with Gasteiger partial charge in [0, 0.05) is 11.4 Å². The van der Waals surface area contributed by atoms with E-state index in [-0.39, 0.29) is 6.04 Å². The molecule has 0 saturated heterocycles. The smallest absolute Gasteiger partial charge is 0.336 e. The van der Waals surface area contributed by atoms with Crippen molar-refractivity contribution in [3.8, 4) is 0 Å². The normalized spacial score (nSPS) is 12.9. The SMILES string of the molecule is C[C@H](N)c1cscc1C(=O)O. The van der Waals surface area contributed by atoms with Crippen LogP contribution in [0.1, 0.15) is 28.9 Å². The van der Waals surface area contributed by atoms with Crippen molar-refractivity contribution in [2.75, 3.05) is 0 Å². The molecule has 1 heterocycles. The summed E-state index contributed by atoms with van der Waals surface area (Å²) in [6.45, 7) is 1.77. The van der Waals surface area contributed by atoms with Crippen LogP contribution in [0.3, 0.4) is 0 Å². The fourth-order valence-corrected chi connectivity index (χ4v) is 1.76. The highest BCUT2D eigenvalue weighted by atomic mass is 32.1. The number of carboxylic acids is 1. The van der Waals surface area contributed by atoms with Gasteiger partial charge in [-0.3, -0.25) is 0 Å². The zero-order chi connectivity index (χ0) is 8.43. The number of hydrogen-bond acceptors (Lipinski definition) is 3. The van der Waals surface area contributed by atoms with Gasteiger partial charge in [-0.2, -0.15) is 11.3 Å². The van der Waals surface area contributed by atoms with E-state index in [1.807, 2.05) is 0 Å². The van der Waals surface area contributed by atoms with Crippen molar-refractivity contribution in [3.63, 3.8) is 0 Å². The summed E-state index contributed by atoms with van der Waals surface area (Å²) >= 11 is 1.36. The van der Waals surface area contributed by atoms with Crippen LogP contribution in [0, 0.1) is 0 Å². The Bertz CT molecular complexity index is 267. The first-order valence-electron chi connectivity index (χ1n) is 3.18. The standard InChI is InChI=1S/C7H9NO2S/c1-4(8)5-2-11-3-6(5)7(9)10/h2-4H,8H2,1H3,(H,9,10)/t4-/m0/s1. The number of carbonyl (C=O) groups is 1. The molecule has 0 fully saturated rings. The second kappa shape index (κ2) is 3.02. The number of hydrogen-bond donors (Lipinski definition) is 2. The molecule has 0 aromatic carbocycles. The van der Waals surface area contributed by atoms with E-state index in [0.717, 1.165) is 0 Å². The van der Waals surface area contributed by atoms with E-state index in [2.05, 4.69) is 0 Å². The van der Waals surface area contributed by atoms with Gasteiger partial charge in [-0.1, -0.05) is 0 Å². The molecule has 0 aliphatic carbocycles. The Kier molecular flexibility index (Phi) is 2.26. The number of thiophene rings is 1. The Morgan fingerprint density at radius 2 is 2.36 bits per heavy atom. The highest BCUT2D eigenvalue weighted by Gasteiger charge is 2.12. The molecule has 0 aliphatic rings. The first-order chi connectivity index (χ1) is 5.13. The largest absolute Gasteiger partial charge is 0.478 e. The van der Waals surface area contributed by atoms with Gasteiger partial charge in [-0.15, -0.1) is 0 Å². The molecule has 0 spiro atoms. The minimum Gasteiger partial charge on any atom is -0.478 e. The van der Waals surface area contributed by atoms with Crippen molar-refractivity contribution in [1.82, 2.24) is 0 Å². The lowest BCUT2D eigenvalue weighted by Crippen LogP contribution is -2.08. The van der Waals surface area contributed by atoms with E-state index in [4.69, 9.17) is 10.8 Å². The first-order valence-corrected chi connectivity index (χ1v) is 4.12. The topological polar surface area (TPSA) is 63.3 Å². The molecule has 1 atom stereocenters. The summed E-state index contributed by atoms with van der Waals surface area (Å²) in [5.74, 6) is -0.904. The maximum Gasteiger partial charge on any atom is 0.336 e. The molecule has 0 unspecified atom stereocenters. The van der Waals surface area contributed by atoms with Crippen LogP contribution in [0.2, 0.25) is 0 Å². The molecule has 0 amide bonds. The molecule has 60 valence electrons. The van der Waals surface area contributed by atoms with Crippen LogP contribution in [0.15, 0.2) is 10.8 Å². The van der Waals surface area contributed by atoms with Gasteiger partial charge in [-0.05, 0) is 17.9 Å². The summed E-state index contributed by atoms with van der Waals surface area (Å²) in [7, 11) is 0. The van der Waals surface area contributed by atoms with Crippen LogP contribution >= 0.6 is 11.3 Å². The molecule has 0 radical (unpaired) electrons. The Balaban J connectivity index is 3.06. The second-order valence-corrected chi connectivity index (χ2v) is 3.08. The third-order valence-corrected chi connectivity index (χ3v) is 2.17. The lowest BCUT2D eigenvalue weighted by atomic mass is 10.1. The predicted octanol–water partition coefficient (Wildman–Crippen LogP) is 1.47. The second-order valence-electron chi connectivity index (χ2n) is 2.33. The average Bonchev–Trinajstić information content (AvgIpc) is 2.32. The van der Waals surface area contributed by atoms with Gasteiger partial charge < -0.3 is 10.8 Å². The molecule has 11 heavy (non-hydrogen) atoms. The summed E-state index contributed by atoms with van der Waals surface area (Å²) in [4.78, 5) is 10.5. The molecule has 1 rings (SSSR count). The fourth-order valence-electron chi connectivity index (χ4n) is 0.833. The van der Waals surface area contributed by atoms with Crippen molar-refractivity contribution in [1.29, 1.82) is 0 Å². The lowest BCUT2D eigenvalue weighted by molar-refractivity contribution is 0.0696. The van der Waals surface area contributed by atoms with Gasteiger partial charge in [0.2, 0.25) is 0 Å². The Morgan fingerprint density at radius 1 is 1.73 bits per heavy atom. The maximum atomic E-state index is 10.5. The van der Waals surface area contributed by atoms with Crippen molar-refractivity contribution in [2.24, 2.45) is 5.73 Å². The molecular formula is C7H9NO2S. The van der Waals surface area contributed by atoms with Crippen LogP contribution in [-0.2, 0) is 0 Å². The van der Waals surface area contributed by atoms with E-state index in [1.165, 1.54) is 11.3 Å². The van der Waals surface area contributed by atoms with Gasteiger partial charge in [0.15, 0.2) is 0 Å². The van der Waals surface area contributed by atoms with E-state index in [0.29, 0.717) is 11.1 Å². The summed E-state index contributed by atoms with van der Waals surface area (Å²) in [6, 6.07) is -0.202. The maximum absolute atomic E-state index is 10.5. The number of rotatable bonds is 2. The minimum absolute atomic E-state index is 0.202. The highest BCUT2D eigenvalue weighted by molar-refractivity contribution is 7.08. The monoisotopic (exact) mass is 171 g/mol. The number of aromatic carboxylic acids is 1. The quantitative estimate of drug-likeness (QED) is 0.708. The Hall–Kier alpha value is -0.870. The van der Waals surface area contributed by atoms with Crippen molar-refractivity contribution >= 4 is 17.3 Å². The molecule has 3 nitrogen and oxygen atoms in total. The zero-order valence-corrected chi connectivity index (χ0v) is 6.89. The molecule has 0 saturated carbocycles. The van der Waals surface area contributed by atoms with Crippen molar-refractivity contribution in [3.05, 3.63) is 21.9 Å². The molecule has 0 aliphatic heterocycles. The van der Waals surface area contributed by atoms with Crippen LogP contribution < -0.4 is 5.73 Å². The molecule has 3 N–H and O–H groups in total. The first kappa shape index (κ1) is 8.23. The average molecular weight is 171 g/mol. The molecule has 0 bridgehead atoms. The number of carboxylic acid groups (broad SMARTS) is 1. The zero-order valence-electron chi connectivity index (χ0n) is 6.07. The Labute approximate surface area is 68.5 Å². The Morgan fingerprint density at radius 3 is 2.73 bits per heavy atom. The van der Waals surface area contributed by atoms with Gasteiger partial charge in [-0.25, -0.2) is 4.79 Å². The third-order valence-electron chi connectivity index (χ3n) is 1.41. The van der Waals surface area contributed by atoms with Crippen molar-refractivity contribution < 1.29 is 9.90 Å². The summed E-state index contributed by atoms with van der Waals surface area (Å²) in [5.41, 5.74) is 6.57. The predicted molar refractivity (Wildman–Crippen MR) is 43.9 cm³/mol. The van der Waals surface area contributed by atoms with Crippen LogP contribution in [0.4, 0.5) is 0 Å². The molecule has 4 heteroatoms. The van der Waals surface area contributed by atoms with Gasteiger partial charge in [0.05, 0.1) is 5.56 Å². The fraction of sp³-hybridized carbons (Fsp3) is 0.286. The van der Waals surface area contributed by atoms with Crippen LogP contribution in [0.5, 0.6) is 0 Å². The summed E-state index contributed by atoms with van der Waals surface area (Å²) in [6.07, 6.45) is 0.